The summed E-state index contributed by atoms with van der Waals surface area (Å²) in [6.45, 7) is 0. The number of hydrogen-bond donors (Lipinski definition) is 0. The van der Waals surface area contributed by atoms with Crippen molar-refractivity contribution in [1.82, 2.24) is 4.98 Å². The summed E-state index contributed by atoms with van der Waals surface area (Å²) in [6.07, 6.45) is -2.16. The standard InChI is InChI=1S/C8H4ClF3N2/c9-1-5-7(10)6(8(11)12)4(2-13)3-14-5/h3,8H,1H2. The highest BCUT2D eigenvalue weighted by atomic mass is 35.5. The van der Waals surface area contributed by atoms with E-state index in [-0.39, 0.29) is 11.6 Å². The minimum atomic E-state index is -3.05. The van der Waals surface area contributed by atoms with Crippen LogP contribution < -0.4 is 0 Å². The molecule has 1 aromatic rings. The molecule has 0 fully saturated rings. The van der Waals surface area contributed by atoms with Crippen LogP contribution in [-0.4, -0.2) is 4.98 Å². The van der Waals surface area contributed by atoms with Crippen molar-refractivity contribution in [3.63, 3.8) is 0 Å². The Kier molecular flexibility index (Phi) is 3.31. The van der Waals surface area contributed by atoms with Gasteiger partial charge in [-0.1, -0.05) is 0 Å². The molecule has 0 spiro atoms. The SMILES string of the molecule is N#Cc1cnc(CCl)c(F)c1C(F)F. The average molecular weight is 221 g/mol. The highest BCUT2D eigenvalue weighted by Gasteiger charge is 2.21. The van der Waals surface area contributed by atoms with Gasteiger partial charge in [0.2, 0.25) is 0 Å². The molecule has 0 N–H and O–H groups in total. The van der Waals surface area contributed by atoms with Gasteiger partial charge in [0.1, 0.15) is 6.07 Å². The van der Waals surface area contributed by atoms with Gasteiger partial charge >= 0.3 is 0 Å². The van der Waals surface area contributed by atoms with Gasteiger partial charge in [-0.2, -0.15) is 5.26 Å². The van der Waals surface area contributed by atoms with E-state index in [1.165, 1.54) is 6.07 Å². The van der Waals surface area contributed by atoms with Crippen LogP contribution in [0.5, 0.6) is 0 Å². The van der Waals surface area contributed by atoms with Gasteiger partial charge in [-0.3, -0.25) is 4.98 Å². The number of aromatic nitrogens is 1. The molecule has 14 heavy (non-hydrogen) atoms. The molecule has 0 amide bonds. The summed E-state index contributed by atoms with van der Waals surface area (Å²) < 4.78 is 37.9. The van der Waals surface area contributed by atoms with Crippen LogP contribution in [0.3, 0.4) is 0 Å². The molecule has 0 unspecified atom stereocenters. The van der Waals surface area contributed by atoms with E-state index in [1.807, 2.05) is 0 Å². The zero-order chi connectivity index (χ0) is 10.7. The lowest BCUT2D eigenvalue weighted by Crippen LogP contribution is -2.02. The predicted molar refractivity (Wildman–Crippen MR) is 43.4 cm³/mol. The average Bonchev–Trinajstić information content (AvgIpc) is 2.16. The summed E-state index contributed by atoms with van der Waals surface area (Å²) >= 11 is 5.27. The molecule has 0 aliphatic rings. The number of rotatable bonds is 2. The van der Waals surface area contributed by atoms with Gasteiger partial charge in [0.05, 0.1) is 22.7 Å². The molecule has 74 valence electrons. The van der Waals surface area contributed by atoms with Crippen molar-refractivity contribution in [2.75, 3.05) is 0 Å². The summed E-state index contributed by atoms with van der Waals surface area (Å²) in [7, 11) is 0. The summed E-state index contributed by atoms with van der Waals surface area (Å²) in [5.74, 6) is -1.51. The van der Waals surface area contributed by atoms with Crippen molar-refractivity contribution in [3.05, 3.63) is 28.8 Å². The maximum Gasteiger partial charge on any atom is 0.268 e. The van der Waals surface area contributed by atoms with Crippen molar-refractivity contribution in [1.29, 1.82) is 5.26 Å². The van der Waals surface area contributed by atoms with Crippen molar-refractivity contribution in [2.45, 2.75) is 12.3 Å². The van der Waals surface area contributed by atoms with E-state index in [0.29, 0.717) is 0 Å². The van der Waals surface area contributed by atoms with Gasteiger partial charge < -0.3 is 0 Å². The minimum absolute atomic E-state index is 0.277. The first-order chi connectivity index (χ1) is 6.61. The Morgan fingerprint density at radius 3 is 2.64 bits per heavy atom. The molecule has 2 nitrogen and oxygen atoms in total. The Bertz CT molecular complexity index is 387. The van der Waals surface area contributed by atoms with E-state index in [4.69, 9.17) is 16.9 Å². The number of nitriles is 1. The third-order valence-electron chi connectivity index (χ3n) is 1.59. The number of alkyl halides is 3. The minimum Gasteiger partial charge on any atom is -0.256 e. The van der Waals surface area contributed by atoms with Crippen LogP contribution in [0.1, 0.15) is 23.2 Å². The monoisotopic (exact) mass is 220 g/mol. The van der Waals surface area contributed by atoms with E-state index in [9.17, 15) is 13.2 Å². The highest BCUT2D eigenvalue weighted by molar-refractivity contribution is 6.16. The molecule has 0 atom stereocenters. The van der Waals surface area contributed by atoms with Crippen LogP contribution in [0.2, 0.25) is 0 Å². The fraction of sp³-hybridized carbons (Fsp3) is 0.250. The first-order valence-corrected chi connectivity index (χ1v) is 4.06. The maximum atomic E-state index is 13.2. The molecular weight excluding hydrogens is 217 g/mol. The van der Waals surface area contributed by atoms with E-state index in [1.54, 1.807) is 0 Å². The summed E-state index contributed by atoms with van der Waals surface area (Å²) in [4.78, 5) is 3.45. The maximum absolute atomic E-state index is 13.2. The van der Waals surface area contributed by atoms with Gasteiger partial charge in [-0.15, -0.1) is 11.6 Å². The summed E-state index contributed by atoms with van der Waals surface area (Å²) in [5.41, 5.74) is -1.68. The van der Waals surface area contributed by atoms with Crippen LogP contribution in [0.4, 0.5) is 13.2 Å². The molecule has 1 heterocycles. The molecule has 0 bridgehead atoms. The molecule has 0 radical (unpaired) electrons. The van der Waals surface area contributed by atoms with Gasteiger partial charge in [0.15, 0.2) is 5.82 Å². The van der Waals surface area contributed by atoms with Crippen LogP contribution in [0.25, 0.3) is 0 Å². The zero-order valence-electron chi connectivity index (χ0n) is 6.77. The lowest BCUT2D eigenvalue weighted by molar-refractivity contribution is 0.145. The van der Waals surface area contributed by atoms with Gasteiger partial charge in [-0.05, 0) is 0 Å². The van der Waals surface area contributed by atoms with Crippen molar-refractivity contribution < 1.29 is 13.2 Å². The molecule has 6 heteroatoms. The fourth-order valence-electron chi connectivity index (χ4n) is 0.938. The van der Waals surface area contributed by atoms with Crippen molar-refractivity contribution >= 4 is 11.6 Å². The number of halogens is 4. The van der Waals surface area contributed by atoms with Gasteiger partial charge in [0.25, 0.3) is 6.43 Å². The van der Waals surface area contributed by atoms with Crippen LogP contribution in [0, 0.1) is 17.1 Å². The van der Waals surface area contributed by atoms with Gasteiger partial charge in [0, 0.05) is 6.20 Å². The molecular formula is C8H4ClF3N2. The van der Waals surface area contributed by atoms with Crippen LogP contribution in [-0.2, 0) is 5.88 Å². The highest BCUT2D eigenvalue weighted by Crippen LogP contribution is 2.26. The Morgan fingerprint density at radius 1 is 1.57 bits per heavy atom. The third kappa shape index (κ3) is 1.80. The second kappa shape index (κ2) is 4.29. The van der Waals surface area contributed by atoms with Crippen molar-refractivity contribution in [3.8, 4) is 6.07 Å². The quantitative estimate of drug-likeness (QED) is 0.719. The normalized spacial score (nSPS) is 10.3. The van der Waals surface area contributed by atoms with Crippen LogP contribution >= 0.6 is 11.6 Å². The Balaban J connectivity index is 3.41. The molecule has 1 rings (SSSR count). The largest absolute Gasteiger partial charge is 0.268 e. The van der Waals surface area contributed by atoms with E-state index in [0.717, 1.165) is 6.20 Å². The topological polar surface area (TPSA) is 36.7 Å². The number of nitrogens with zero attached hydrogens (tertiary/aromatic N) is 2. The molecule has 0 saturated carbocycles. The van der Waals surface area contributed by atoms with E-state index in [2.05, 4.69) is 4.98 Å². The smallest absolute Gasteiger partial charge is 0.256 e. The van der Waals surface area contributed by atoms with Gasteiger partial charge in [-0.25, -0.2) is 13.2 Å². The Morgan fingerprint density at radius 2 is 2.21 bits per heavy atom. The number of pyridine rings is 1. The molecule has 0 aromatic carbocycles. The third-order valence-corrected chi connectivity index (χ3v) is 1.85. The first-order valence-electron chi connectivity index (χ1n) is 3.53. The van der Waals surface area contributed by atoms with Crippen molar-refractivity contribution in [2.24, 2.45) is 0 Å². The fourth-order valence-corrected chi connectivity index (χ4v) is 1.12. The molecule has 1 aromatic heterocycles. The second-order valence-corrected chi connectivity index (χ2v) is 2.66. The zero-order valence-corrected chi connectivity index (χ0v) is 7.52. The number of hydrogen-bond acceptors (Lipinski definition) is 2. The van der Waals surface area contributed by atoms with E-state index < -0.39 is 23.4 Å². The molecule has 0 saturated heterocycles. The lowest BCUT2D eigenvalue weighted by atomic mass is 10.1. The Hall–Kier alpha value is -1.28. The summed E-state index contributed by atoms with van der Waals surface area (Å²) in [6, 6.07) is 1.44. The molecule has 0 aliphatic heterocycles. The molecule has 0 aliphatic carbocycles. The van der Waals surface area contributed by atoms with E-state index >= 15 is 0 Å². The first kappa shape index (κ1) is 10.8. The lowest BCUT2D eigenvalue weighted by Gasteiger charge is -2.06. The second-order valence-electron chi connectivity index (χ2n) is 2.39. The van der Waals surface area contributed by atoms with Crippen LogP contribution in [0.15, 0.2) is 6.20 Å². The summed E-state index contributed by atoms with van der Waals surface area (Å²) in [5, 5.41) is 8.43. The predicted octanol–water partition coefficient (Wildman–Crippen LogP) is 2.77. The Labute approximate surface area is 82.9 Å².